The molecule has 0 unspecified atom stereocenters. The third-order valence-corrected chi connectivity index (χ3v) is 3.73. The fraction of sp³-hybridized carbons (Fsp3) is 0.929. The van der Waals surface area contributed by atoms with Crippen molar-refractivity contribution < 1.29 is 9.90 Å². The molecule has 5 nitrogen and oxygen atoms in total. The van der Waals surface area contributed by atoms with Crippen LogP contribution in [0.4, 0.5) is 0 Å². The van der Waals surface area contributed by atoms with E-state index in [-0.39, 0.29) is 5.91 Å². The lowest BCUT2D eigenvalue weighted by Crippen LogP contribution is -2.52. The van der Waals surface area contributed by atoms with Crippen molar-refractivity contribution in [2.24, 2.45) is 5.92 Å². The monoisotopic (exact) mass is 269 g/mol. The fourth-order valence-electron chi connectivity index (χ4n) is 2.49. The number of nitrogens with zero attached hydrogens (tertiary/aromatic N) is 2. The zero-order chi connectivity index (χ0) is 13.9. The average molecular weight is 269 g/mol. The number of carbonyl (C=O) groups is 1. The van der Waals surface area contributed by atoms with Crippen LogP contribution >= 0.6 is 0 Å². The highest BCUT2D eigenvalue weighted by atomic mass is 16.3. The molecule has 1 heterocycles. The predicted octanol–water partition coefficient (Wildman–Crippen LogP) is -0.0989. The van der Waals surface area contributed by atoms with Gasteiger partial charge >= 0.3 is 0 Å². The van der Waals surface area contributed by atoms with Crippen molar-refractivity contribution >= 4 is 5.91 Å². The molecule has 2 N–H and O–H groups in total. The van der Waals surface area contributed by atoms with Gasteiger partial charge in [0.05, 0.1) is 12.1 Å². The molecule has 0 spiro atoms. The van der Waals surface area contributed by atoms with E-state index in [1.807, 2.05) is 13.8 Å². The molecule has 0 bridgehead atoms. The minimum Gasteiger partial charge on any atom is -0.389 e. The molecular weight excluding hydrogens is 242 g/mol. The summed E-state index contributed by atoms with van der Waals surface area (Å²) in [5.74, 6) is 0.899. The molecule has 1 saturated heterocycles. The van der Waals surface area contributed by atoms with Crippen molar-refractivity contribution in [1.82, 2.24) is 15.1 Å². The van der Waals surface area contributed by atoms with E-state index in [1.54, 1.807) is 0 Å². The second kappa shape index (κ2) is 6.20. The van der Waals surface area contributed by atoms with Gasteiger partial charge in [0.2, 0.25) is 5.91 Å². The number of β-amino-alcohol motifs (C(OH)–C–C–N with tert-alkyl or cyclic N) is 1. The molecule has 19 heavy (non-hydrogen) atoms. The maximum Gasteiger partial charge on any atom is 0.234 e. The Hall–Kier alpha value is -0.650. The summed E-state index contributed by atoms with van der Waals surface area (Å²) in [6.07, 6.45) is 2.55. The summed E-state index contributed by atoms with van der Waals surface area (Å²) in [7, 11) is 0. The molecule has 2 rings (SSSR count). The van der Waals surface area contributed by atoms with Gasteiger partial charge in [-0.1, -0.05) is 0 Å². The molecule has 0 aromatic heterocycles. The average Bonchev–Trinajstić information content (AvgIpc) is 3.11. The van der Waals surface area contributed by atoms with E-state index >= 15 is 0 Å². The van der Waals surface area contributed by atoms with Crippen LogP contribution in [0.3, 0.4) is 0 Å². The Morgan fingerprint density at radius 1 is 1.21 bits per heavy atom. The Kier molecular flexibility index (Phi) is 4.81. The molecule has 0 atom stereocenters. The van der Waals surface area contributed by atoms with Crippen molar-refractivity contribution in [3.8, 4) is 0 Å². The minimum absolute atomic E-state index is 0.155. The summed E-state index contributed by atoms with van der Waals surface area (Å²) in [6.45, 7) is 9.43. The van der Waals surface area contributed by atoms with Crippen LogP contribution in [0.2, 0.25) is 0 Å². The van der Waals surface area contributed by atoms with Gasteiger partial charge in [0, 0.05) is 39.3 Å². The molecule has 1 amide bonds. The van der Waals surface area contributed by atoms with Gasteiger partial charge in [-0.25, -0.2) is 0 Å². The lowest BCUT2D eigenvalue weighted by Gasteiger charge is -2.36. The lowest BCUT2D eigenvalue weighted by atomic mass is 10.1. The van der Waals surface area contributed by atoms with Crippen LogP contribution in [0.5, 0.6) is 0 Å². The first kappa shape index (κ1) is 14.8. The lowest BCUT2D eigenvalue weighted by molar-refractivity contribution is -0.122. The molecule has 2 aliphatic rings. The van der Waals surface area contributed by atoms with E-state index in [9.17, 15) is 9.90 Å². The standard InChI is InChI=1S/C14H27N3O2/c1-14(2,19)11-17-7-5-16(6-8-17)10-13(18)15-9-12-3-4-12/h12,19H,3-11H2,1-2H3,(H,15,18). The second-order valence-electron chi connectivity index (χ2n) is 6.61. The third-order valence-electron chi connectivity index (χ3n) is 3.73. The number of piperazine rings is 1. The zero-order valence-electron chi connectivity index (χ0n) is 12.2. The predicted molar refractivity (Wildman–Crippen MR) is 74.9 cm³/mol. The Morgan fingerprint density at radius 2 is 1.79 bits per heavy atom. The van der Waals surface area contributed by atoms with Gasteiger partial charge < -0.3 is 10.4 Å². The highest BCUT2D eigenvalue weighted by Gasteiger charge is 2.25. The van der Waals surface area contributed by atoms with Crippen molar-refractivity contribution in [2.45, 2.75) is 32.3 Å². The molecule has 110 valence electrons. The Bertz CT molecular complexity index is 302. The topological polar surface area (TPSA) is 55.8 Å². The Morgan fingerprint density at radius 3 is 2.32 bits per heavy atom. The zero-order valence-corrected chi connectivity index (χ0v) is 12.2. The molecule has 5 heteroatoms. The Balaban J connectivity index is 1.61. The number of carbonyl (C=O) groups excluding carboxylic acids is 1. The van der Waals surface area contributed by atoms with E-state index in [1.165, 1.54) is 12.8 Å². The maximum atomic E-state index is 11.7. The molecule has 0 radical (unpaired) electrons. The van der Waals surface area contributed by atoms with Crippen LogP contribution < -0.4 is 5.32 Å². The molecule has 0 aromatic rings. The van der Waals surface area contributed by atoms with Crippen molar-refractivity contribution in [3.05, 3.63) is 0 Å². The summed E-state index contributed by atoms with van der Waals surface area (Å²) in [4.78, 5) is 16.2. The normalized spacial score (nSPS) is 22.5. The number of rotatable bonds is 6. The van der Waals surface area contributed by atoms with Gasteiger partial charge in [0.1, 0.15) is 0 Å². The first-order valence-electron chi connectivity index (χ1n) is 7.36. The quantitative estimate of drug-likeness (QED) is 0.707. The van der Waals surface area contributed by atoms with Gasteiger partial charge in [0.15, 0.2) is 0 Å². The second-order valence-corrected chi connectivity index (χ2v) is 6.61. The van der Waals surface area contributed by atoms with Gasteiger partial charge in [-0.15, -0.1) is 0 Å². The largest absolute Gasteiger partial charge is 0.389 e. The molecule has 1 saturated carbocycles. The third kappa shape index (κ3) is 5.89. The summed E-state index contributed by atoms with van der Waals surface area (Å²) < 4.78 is 0. The number of amides is 1. The summed E-state index contributed by atoms with van der Waals surface area (Å²) >= 11 is 0. The van der Waals surface area contributed by atoms with Crippen molar-refractivity contribution in [1.29, 1.82) is 0 Å². The first-order chi connectivity index (χ1) is 8.92. The summed E-state index contributed by atoms with van der Waals surface area (Å²) in [6, 6.07) is 0. The SMILES string of the molecule is CC(C)(O)CN1CCN(CC(=O)NCC2CC2)CC1. The van der Waals surface area contributed by atoms with Crippen LogP contribution in [0, 0.1) is 5.92 Å². The van der Waals surface area contributed by atoms with E-state index in [0.717, 1.165) is 38.6 Å². The van der Waals surface area contributed by atoms with Gasteiger partial charge in [-0.3, -0.25) is 14.6 Å². The van der Waals surface area contributed by atoms with Crippen LogP contribution in [-0.4, -0.2) is 72.2 Å². The maximum absolute atomic E-state index is 11.7. The molecular formula is C14H27N3O2. The highest BCUT2D eigenvalue weighted by Crippen LogP contribution is 2.27. The number of nitrogens with one attached hydrogen (secondary N) is 1. The Labute approximate surface area is 115 Å². The number of hydrogen-bond donors (Lipinski definition) is 2. The molecule has 1 aliphatic heterocycles. The van der Waals surface area contributed by atoms with E-state index in [0.29, 0.717) is 13.1 Å². The van der Waals surface area contributed by atoms with E-state index in [2.05, 4.69) is 15.1 Å². The number of aliphatic hydroxyl groups is 1. The van der Waals surface area contributed by atoms with Crippen LogP contribution in [-0.2, 0) is 4.79 Å². The van der Waals surface area contributed by atoms with Gasteiger partial charge in [0.25, 0.3) is 0 Å². The summed E-state index contributed by atoms with van der Waals surface area (Å²) in [5, 5.41) is 12.8. The molecule has 0 aromatic carbocycles. The van der Waals surface area contributed by atoms with Crippen LogP contribution in [0.25, 0.3) is 0 Å². The summed E-state index contributed by atoms with van der Waals surface area (Å²) in [5.41, 5.74) is -0.635. The van der Waals surface area contributed by atoms with E-state index < -0.39 is 5.60 Å². The fourth-order valence-corrected chi connectivity index (χ4v) is 2.49. The van der Waals surface area contributed by atoms with Crippen molar-refractivity contribution in [2.75, 3.05) is 45.8 Å². The first-order valence-corrected chi connectivity index (χ1v) is 7.36. The van der Waals surface area contributed by atoms with Crippen LogP contribution in [0.15, 0.2) is 0 Å². The molecule has 1 aliphatic carbocycles. The van der Waals surface area contributed by atoms with Gasteiger partial charge in [-0.2, -0.15) is 0 Å². The van der Waals surface area contributed by atoms with E-state index in [4.69, 9.17) is 0 Å². The number of hydrogen-bond acceptors (Lipinski definition) is 4. The molecule has 2 fully saturated rings. The minimum atomic E-state index is -0.635. The van der Waals surface area contributed by atoms with Gasteiger partial charge in [-0.05, 0) is 32.6 Å². The van der Waals surface area contributed by atoms with Crippen molar-refractivity contribution in [3.63, 3.8) is 0 Å². The highest BCUT2D eigenvalue weighted by molar-refractivity contribution is 5.78. The smallest absolute Gasteiger partial charge is 0.234 e. The van der Waals surface area contributed by atoms with Crippen LogP contribution in [0.1, 0.15) is 26.7 Å².